The fourth-order valence-electron chi connectivity index (χ4n) is 8.40. The molecule has 3 N–H and O–H groups in total. The highest BCUT2D eigenvalue weighted by atomic mass is 28.4. The van der Waals surface area contributed by atoms with E-state index in [1.54, 1.807) is 36.1 Å². The van der Waals surface area contributed by atoms with Gasteiger partial charge in [0.25, 0.3) is 5.91 Å². The summed E-state index contributed by atoms with van der Waals surface area (Å²) in [6.07, 6.45) is 1.53. The van der Waals surface area contributed by atoms with Crippen molar-refractivity contribution in [2.75, 3.05) is 43.3 Å². The predicted molar refractivity (Wildman–Crippen MR) is 197 cm³/mol. The van der Waals surface area contributed by atoms with Gasteiger partial charge in [-0.15, -0.1) is 0 Å². The number of carbonyl (C=O) groups excluding carboxylic acids is 2. The second-order valence-corrected chi connectivity index (χ2v) is 18.1. The van der Waals surface area contributed by atoms with Crippen LogP contribution in [-0.4, -0.2) is 76.1 Å². The molecule has 1 saturated heterocycles. The minimum atomic E-state index is -3.34. The lowest BCUT2D eigenvalue weighted by molar-refractivity contribution is -0.146. The fourth-order valence-corrected chi connectivity index (χ4v) is 10.9. The zero-order chi connectivity index (χ0) is 36.5. The molecule has 6 rings (SSSR count). The van der Waals surface area contributed by atoms with Crippen LogP contribution in [0, 0.1) is 5.92 Å². The summed E-state index contributed by atoms with van der Waals surface area (Å²) in [7, 11) is -1.77. The van der Waals surface area contributed by atoms with Crippen LogP contribution >= 0.6 is 0 Å². The van der Waals surface area contributed by atoms with E-state index in [0.717, 1.165) is 29.0 Å². The lowest BCUT2D eigenvalue weighted by atomic mass is 9.82. The van der Waals surface area contributed by atoms with Crippen molar-refractivity contribution in [1.82, 2.24) is 5.32 Å². The molecule has 0 bridgehead atoms. The third kappa shape index (κ3) is 6.80. The van der Waals surface area contributed by atoms with E-state index in [-0.39, 0.29) is 38.0 Å². The molecule has 10 nitrogen and oxygen atoms in total. The summed E-state index contributed by atoms with van der Waals surface area (Å²) < 4.78 is 34.0. The number of anilines is 3. The maximum absolute atomic E-state index is 16.0. The van der Waals surface area contributed by atoms with Crippen LogP contribution in [0.25, 0.3) is 0 Å². The summed E-state index contributed by atoms with van der Waals surface area (Å²) in [5.74, 6) is 0.451. The number of hydrogen-bond acceptors (Lipinski definition) is 8. The molecule has 3 aromatic rings. The zero-order valence-corrected chi connectivity index (χ0v) is 31.2. The van der Waals surface area contributed by atoms with Crippen molar-refractivity contribution in [1.29, 1.82) is 0 Å². The Morgan fingerprint density at radius 3 is 2.49 bits per heavy atom. The van der Waals surface area contributed by atoms with Gasteiger partial charge in [-0.2, -0.15) is 0 Å². The highest BCUT2D eigenvalue weighted by Gasteiger charge is 2.66. The van der Waals surface area contributed by atoms with Crippen molar-refractivity contribution in [3.63, 3.8) is 0 Å². The first-order chi connectivity index (χ1) is 24.5. The standard InChI is InChI=1S/C39H50FN3O7Si/c1-6-49-30-13-14-33-27(21-30)22-32(41-17-7-8-18-44)37(46)43(33)28-11-9-10-26(20-28)24-42-34-15-12-29(48-3)23-31(34)39(38(42)47)25(2)36(51(4,5)40)35(50-39)16-19-45/h9-15,20-21,23,25,32,35-36,41,44-45H,6-8,16-19,22,24H2,1-5H3/t25-,32?,35+,36-,39+/m0/s1. The summed E-state index contributed by atoms with van der Waals surface area (Å²) in [5, 5.41) is 22.5. The lowest BCUT2D eigenvalue weighted by Gasteiger charge is -2.35. The Morgan fingerprint density at radius 1 is 1.02 bits per heavy atom. The number of amides is 2. The van der Waals surface area contributed by atoms with Crippen molar-refractivity contribution >= 4 is 37.3 Å². The summed E-state index contributed by atoms with van der Waals surface area (Å²) in [6.45, 7) is 8.35. The van der Waals surface area contributed by atoms with Gasteiger partial charge in [0, 0.05) is 35.9 Å². The Morgan fingerprint density at radius 2 is 1.78 bits per heavy atom. The first-order valence-corrected chi connectivity index (χ1v) is 20.9. The Labute approximate surface area is 300 Å². The molecule has 0 radical (unpaired) electrons. The van der Waals surface area contributed by atoms with E-state index in [4.69, 9.17) is 14.2 Å². The number of carbonyl (C=O) groups is 2. The van der Waals surface area contributed by atoms with E-state index in [1.165, 1.54) is 0 Å². The lowest BCUT2D eigenvalue weighted by Crippen LogP contribution is -2.49. The van der Waals surface area contributed by atoms with Crippen LogP contribution in [0.2, 0.25) is 18.6 Å². The van der Waals surface area contributed by atoms with Gasteiger partial charge in [0.05, 0.1) is 43.8 Å². The van der Waals surface area contributed by atoms with Crippen molar-refractivity contribution in [3.8, 4) is 11.5 Å². The number of benzene rings is 3. The number of halogens is 1. The van der Waals surface area contributed by atoms with Crippen LogP contribution in [0.5, 0.6) is 11.5 Å². The van der Waals surface area contributed by atoms with E-state index in [0.29, 0.717) is 48.7 Å². The average Bonchev–Trinajstić information content (AvgIpc) is 3.53. The molecule has 3 aliphatic heterocycles. The van der Waals surface area contributed by atoms with Gasteiger partial charge in [0.15, 0.2) is 5.60 Å². The highest BCUT2D eigenvalue weighted by Crippen LogP contribution is 2.60. The number of aliphatic hydroxyl groups is 2. The largest absolute Gasteiger partial charge is 0.497 e. The molecule has 274 valence electrons. The number of rotatable bonds is 14. The Balaban J connectivity index is 1.36. The average molecular weight is 720 g/mol. The molecule has 1 unspecified atom stereocenters. The number of methoxy groups -OCH3 is 1. The van der Waals surface area contributed by atoms with Crippen LogP contribution in [0.15, 0.2) is 60.7 Å². The minimum absolute atomic E-state index is 0.0893. The third-order valence-electron chi connectivity index (χ3n) is 10.6. The normalized spacial score (nSPS) is 24.3. The van der Waals surface area contributed by atoms with Crippen molar-refractivity contribution in [3.05, 3.63) is 77.4 Å². The van der Waals surface area contributed by atoms with Crippen LogP contribution < -0.4 is 24.6 Å². The van der Waals surface area contributed by atoms with Gasteiger partial charge in [-0.25, -0.2) is 0 Å². The SMILES string of the molecule is CCOc1ccc2c(c1)CC(NCCCCO)C(=O)N2c1cccc(CN2C(=O)[C@]3(O[C@H](CCO)[C@@H]([Si](C)(C)F)[C@@H]3C)c3cc(OC)ccc32)c1. The second kappa shape index (κ2) is 15.0. The number of nitrogens with one attached hydrogen (secondary N) is 1. The molecule has 0 aromatic heterocycles. The number of nitrogens with zero attached hydrogens (tertiary/aromatic N) is 2. The molecule has 2 amide bonds. The van der Waals surface area contributed by atoms with Crippen LogP contribution in [-0.2, 0) is 32.9 Å². The maximum Gasteiger partial charge on any atom is 0.264 e. The van der Waals surface area contributed by atoms with Gasteiger partial charge in [0.1, 0.15) is 11.5 Å². The summed E-state index contributed by atoms with van der Waals surface area (Å²) in [6, 6.07) is 18.4. The smallest absolute Gasteiger partial charge is 0.264 e. The maximum atomic E-state index is 16.0. The van der Waals surface area contributed by atoms with Gasteiger partial charge in [-0.1, -0.05) is 19.1 Å². The number of unbranched alkanes of at least 4 members (excludes halogenated alkanes) is 1. The topological polar surface area (TPSA) is 121 Å². The van der Waals surface area contributed by atoms with Crippen LogP contribution in [0.4, 0.5) is 21.2 Å². The molecule has 3 aliphatic rings. The van der Waals surface area contributed by atoms with Crippen LogP contribution in [0.3, 0.4) is 0 Å². The van der Waals surface area contributed by atoms with Gasteiger partial charge < -0.3 is 38.7 Å². The van der Waals surface area contributed by atoms with Gasteiger partial charge in [-0.3, -0.25) is 14.5 Å². The minimum Gasteiger partial charge on any atom is -0.497 e. The molecule has 5 atom stereocenters. The monoisotopic (exact) mass is 719 g/mol. The first-order valence-electron chi connectivity index (χ1n) is 18.0. The van der Waals surface area contributed by atoms with E-state index in [2.05, 4.69) is 5.32 Å². The fraction of sp³-hybridized carbons (Fsp3) is 0.487. The van der Waals surface area contributed by atoms with Gasteiger partial charge in [0.2, 0.25) is 14.3 Å². The Hall–Kier alpha value is -3.81. The van der Waals surface area contributed by atoms with E-state index in [9.17, 15) is 19.8 Å². The van der Waals surface area contributed by atoms with Crippen LogP contribution in [0.1, 0.15) is 49.8 Å². The molecule has 3 heterocycles. The van der Waals surface area contributed by atoms with Gasteiger partial charge >= 0.3 is 0 Å². The predicted octanol–water partition coefficient (Wildman–Crippen LogP) is 5.75. The third-order valence-corrected chi connectivity index (χ3v) is 13.1. The molecular formula is C39H50FN3O7Si. The molecule has 1 fully saturated rings. The summed E-state index contributed by atoms with van der Waals surface area (Å²) >= 11 is 0. The summed E-state index contributed by atoms with van der Waals surface area (Å²) in [4.78, 5) is 32.4. The summed E-state index contributed by atoms with van der Waals surface area (Å²) in [5.41, 5.74) is 2.58. The van der Waals surface area contributed by atoms with Crippen molar-refractivity contribution in [2.45, 2.75) is 82.5 Å². The first kappa shape index (κ1) is 37.0. The second-order valence-electron chi connectivity index (χ2n) is 14.3. The molecule has 12 heteroatoms. The number of aliphatic hydroxyl groups excluding tert-OH is 2. The molecular weight excluding hydrogens is 670 g/mol. The molecule has 1 spiro atoms. The quantitative estimate of drug-likeness (QED) is 0.110. The highest BCUT2D eigenvalue weighted by molar-refractivity contribution is 6.72. The Bertz CT molecular complexity index is 1750. The zero-order valence-electron chi connectivity index (χ0n) is 30.2. The van der Waals surface area contributed by atoms with Crippen molar-refractivity contribution < 1.29 is 38.1 Å². The van der Waals surface area contributed by atoms with E-state index >= 15 is 4.11 Å². The molecule has 0 saturated carbocycles. The van der Waals surface area contributed by atoms with Gasteiger partial charge in [-0.05, 0) is 112 Å². The number of fused-ring (bicyclic) bond motifs is 3. The number of ether oxygens (including phenoxy) is 3. The molecule has 3 aromatic carbocycles. The number of hydrogen-bond donors (Lipinski definition) is 3. The van der Waals surface area contributed by atoms with Crippen molar-refractivity contribution in [2.24, 2.45) is 5.92 Å². The van der Waals surface area contributed by atoms with E-state index in [1.807, 2.05) is 68.4 Å². The molecule has 51 heavy (non-hydrogen) atoms. The Kier molecular flexibility index (Phi) is 10.9. The molecule has 0 aliphatic carbocycles. The van der Waals surface area contributed by atoms with E-state index < -0.39 is 37.6 Å².